The molecule has 0 radical (unpaired) electrons. The topological polar surface area (TPSA) is 237 Å². The summed E-state index contributed by atoms with van der Waals surface area (Å²) in [4.78, 5) is 50.5. The molecule has 0 saturated carbocycles. The lowest BCUT2D eigenvalue weighted by Crippen LogP contribution is -2.33. The summed E-state index contributed by atoms with van der Waals surface area (Å²) < 4.78 is 5.14. The number of nitrogens with one attached hydrogen (secondary N) is 1. The maximum Gasteiger partial charge on any atom is 0.319 e. The van der Waals surface area contributed by atoms with E-state index in [9.17, 15) is 9.59 Å². The highest BCUT2D eigenvalue weighted by Crippen LogP contribution is 2.26. The first-order chi connectivity index (χ1) is 14.8. The molecule has 0 spiro atoms. The Labute approximate surface area is 186 Å². The molecule has 0 aliphatic heterocycles. The smallest absolute Gasteiger partial charge is 0.319 e. The van der Waals surface area contributed by atoms with Gasteiger partial charge in [0.2, 0.25) is 17.7 Å². The number of hydrogen-bond donors (Lipinski definition) is 6. The number of ether oxygens (including phenoxy) is 1. The van der Waals surface area contributed by atoms with E-state index in [4.69, 9.17) is 41.7 Å². The SMILES string of the molecule is CC(=O)O.CC(=O)O.COc1nc(NC(N)=O)ncc1N(C)C(=O)C[C@@H](N)CCCCN. The van der Waals surface area contributed by atoms with E-state index in [1.807, 2.05) is 0 Å². The lowest BCUT2D eigenvalue weighted by Gasteiger charge is -2.21. The lowest BCUT2D eigenvalue weighted by molar-refractivity contribution is -0.135. The van der Waals surface area contributed by atoms with Gasteiger partial charge in [-0.05, 0) is 19.4 Å². The van der Waals surface area contributed by atoms with E-state index in [0.717, 1.165) is 33.1 Å². The van der Waals surface area contributed by atoms with Crippen LogP contribution < -0.4 is 32.2 Å². The third kappa shape index (κ3) is 16.3. The minimum atomic E-state index is -0.833. The van der Waals surface area contributed by atoms with Crippen molar-refractivity contribution in [1.29, 1.82) is 0 Å². The van der Waals surface area contributed by atoms with Crippen molar-refractivity contribution in [3.05, 3.63) is 6.20 Å². The summed E-state index contributed by atoms with van der Waals surface area (Å²) in [5, 5.41) is 17.1. The van der Waals surface area contributed by atoms with Crippen LogP contribution in [0, 0.1) is 0 Å². The van der Waals surface area contributed by atoms with Crippen molar-refractivity contribution in [3.63, 3.8) is 0 Å². The van der Waals surface area contributed by atoms with Crippen molar-refractivity contribution in [2.75, 3.05) is 30.9 Å². The molecule has 0 aliphatic carbocycles. The molecule has 9 N–H and O–H groups in total. The van der Waals surface area contributed by atoms with Crippen LogP contribution in [0.3, 0.4) is 0 Å². The Balaban J connectivity index is 0. The van der Waals surface area contributed by atoms with E-state index >= 15 is 0 Å². The van der Waals surface area contributed by atoms with E-state index in [1.54, 1.807) is 7.05 Å². The summed E-state index contributed by atoms with van der Waals surface area (Å²) in [7, 11) is 2.98. The average molecular weight is 460 g/mol. The van der Waals surface area contributed by atoms with Gasteiger partial charge in [0, 0.05) is 33.4 Å². The lowest BCUT2D eigenvalue weighted by atomic mass is 10.1. The number of methoxy groups -OCH3 is 1. The quantitative estimate of drug-likeness (QED) is 0.268. The molecule has 0 saturated heterocycles. The monoisotopic (exact) mass is 459 g/mol. The van der Waals surface area contributed by atoms with Crippen molar-refractivity contribution >= 4 is 35.5 Å². The molecule has 3 amide bonds. The van der Waals surface area contributed by atoms with Crippen molar-refractivity contribution < 1.29 is 34.1 Å². The zero-order valence-electron chi connectivity index (χ0n) is 18.7. The van der Waals surface area contributed by atoms with E-state index in [1.165, 1.54) is 18.2 Å². The fourth-order valence-corrected chi connectivity index (χ4v) is 2.06. The number of urea groups is 1. The predicted molar refractivity (Wildman–Crippen MR) is 117 cm³/mol. The number of unbranched alkanes of at least 4 members (excludes halogenated alkanes) is 1. The molecule has 182 valence electrons. The third-order valence-electron chi connectivity index (χ3n) is 3.37. The summed E-state index contributed by atoms with van der Waals surface area (Å²) in [5.74, 6) is -1.73. The molecular weight excluding hydrogens is 426 g/mol. The number of carboxylic acid groups (broad SMARTS) is 2. The molecular formula is C18H33N7O7. The number of hydrogen-bond acceptors (Lipinski definition) is 9. The van der Waals surface area contributed by atoms with Gasteiger partial charge in [-0.3, -0.25) is 19.7 Å². The van der Waals surface area contributed by atoms with E-state index in [0.29, 0.717) is 12.2 Å². The van der Waals surface area contributed by atoms with Gasteiger partial charge in [0.1, 0.15) is 5.69 Å². The van der Waals surface area contributed by atoms with Gasteiger partial charge in [0.25, 0.3) is 11.9 Å². The van der Waals surface area contributed by atoms with Crippen LogP contribution in [0.2, 0.25) is 0 Å². The van der Waals surface area contributed by atoms with Gasteiger partial charge >= 0.3 is 6.03 Å². The summed E-state index contributed by atoms with van der Waals surface area (Å²) >= 11 is 0. The van der Waals surface area contributed by atoms with Crippen LogP contribution >= 0.6 is 0 Å². The second-order valence-corrected chi connectivity index (χ2v) is 6.32. The predicted octanol–water partition coefficient (Wildman–Crippen LogP) is -0.0332. The third-order valence-corrected chi connectivity index (χ3v) is 3.37. The molecule has 14 heteroatoms. The van der Waals surface area contributed by atoms with E-state index < -0.39 is 18.0 Å². The number of anilines is 2. The Morgan fingerprint density at radius 3 is 2.16 bits per heavy atom. The Kier molecular flexibility index (Phi) is 16.5. The minimum Gasteiger partial charge on any atom is -0.481 e. The number of carbonyl (C=O) groups excluding carboxylic acids is 2. The van der Waals surface area contributed by atoms with Crippen molar-refractivity contribution in [3.8, 4) is 5.88 Å². The number of nitrogens with zero attached hydrogens (tertiary/aromatic N) is 3. The van der Waals surface area contributed by atoms with Gasteiger partial charge in [-0.1, -0.05) is 6.42 Å². The number of nitrogens with two attached hydrogens (primary N) is 3. The molecule has 1 atom stereocenters. The summed E-state index contributed by atoms with van der Waals surface area (Å²) in [6, 6.07) is -1.04. The molecule has 0 aromatic carbocycles. The largest absolute Gasteiger partial charge is 0.481 e. The van der Waals surface area contributed by atoms with Gasteiger partial charge in [0.05, 0.1) is 13.3 Å². The van der Waals surface area contributed by atoms with Gasteiger partial charge in [-0.15, -0.1) is 0 Å². The summed E-state index contributed by atoms with van der Waals surface area (Å²) in [6.45, 7) is 2.78. The second kappa shape index (κ2) is 17.2. The average Bonchev–Trinajstić information content (AvgIpc) is 2.66. The number of amides is 3. The summed E-state index contributed by atoms with van der Waals surface area (Å²) in [6.07, 6.45) is 4.05. The second-order valence-electron chi connectivity index (χ2n) is 6.32. The van der Waals surface area contributed by atoms with Gasteiger partial charge in [-0.25, -0.2) is 9.78 Å². The van der Waals surface area contributed by atoms with Crippen LogP contribution in [-0.4, -0.2) is 70.8 Å². The molecule has 1 rings (SSSR count). The molecule has 0 aliphatic rings. The Morgan fingerprint density at radius 1 is 1.19 bits per heavy atom. The molecule has 32 heavy (non-hydrogen) atoms. The number of carbonyl (C=O) groups is 4. The highest BCUT2D eigenvalue weighted by atomic mass is 16.5. The van der Waals surface area contributed by atoms with E-state index in [-0.39, 0.29) is 30.2 Å². The number of aromatic nitrogens is 2. The molecule has 0 bridgehead atoms. The zero-order valence-corrected chi connectivity index (χ0v) is 18.7. The first kappa shape index (κ1) is 30.7. The number of carboxylic acids is 2. The Hall–Kier alpha value is -3.52. The fraction of sp³-hybridized carbons (Fsp3) is 0.556. The van der Waals surface area contributed by atoms with Crippen LogP contribution in [0.4, 0.5) is 16.4 Å². The van der Waals surface area contributed by atoms with Crippen LogP contribution in [-0.2, 0) is 14.4 Å². The molecule has 1 aromatic rings. The van der Waals surface area contributed by atoms with Crippen LogP contribution in [0.25, 0.3) is 0 Å². The van der Waals surface area contributed by atoms with Crippen molar-refractivity contribution in [2.45, 2.75) is 45.6 Å². The minimum absolute atomic E-state index is 0.0116. The van der Waals surface area contributed by atoms with Crippen molar-refractivity contribution in [2.24, 2.45) is 17.2 Å². The maximum atomic E-state index is 12.3. The number of rotatable bonds is 9. The molecule has 14 nitrogen and oxygen atoms in total. The molecule has 1 heterocycles. The fourth-order valence-electron chi connectivity index (χ4n) is 2.06. The Bertz CT molecular complexity index is 726. The van der Waals surface area contributed by atoms with E-state index in [2.05, 4.69) is 15.3 Å². The van der Waals surface area contributed by atoms with Crippen LogP contribution in [0.5, 0.6) is 5.88 Å². The Morgan fingerprint density at radius 2 is 1.72 bits per heavy atom. The maximum absolute atomic E-state index is 12.3. The van der Waals surface area contributed by atoms with Crippen LogP contribution in [0.1, 0.15) is 39.5 Å². The number of aliphatic carboxylic acids is 2. The van der Waals surface area contributed by atoms with Crippen LogP contribution in [0.15, 0.2) is 6.20 Å². The zero-order chi connectivity index (χ0) is 25.3. The highest BCUT2D eigenvalue weighted by molar-refractivity contribution is 5.94. The first-order valence-corrected chi connectivity index (χ1v) is 9.44. The van der Waals surface area contributed by atoms with Crippen molar-refractivity contribution in [1.82, 2.24) is 9.97 Å². The summed E-state index contributed by atoms with van der Waals surface area (Å²) in [5.41, 5.74) is 16.8. The van der Waals surface area contributed by atoms with Gasteiger partial charge in [-0.2, -0.15) is 4.98 Å². The van der Waals surface area contributed by atoms with Gasteiger partial charge < -0.3 is 37.1 Å². The molecule has 0 unspecified atom stereocenters. The first-order valence-electron chi connectivity index (χ1n) is 9.44. The molecule has 0 fully saturated rings. The number of primary amides is 1. The van der Waals surface area contributed by atoms with Gasteiger partial charge in [0.15, 0.2) is 0 Å². The molecule has 1 aromatic heterocycles. The standard InChI is InChI=1S/C14H25N7O3.2C2H4O2/c1-21(11(22)7-9(16)5-3-4-6-15)10-8-18-14(20-13(17)23)19-12(10)24-2;2*1-2(3)4/h8-9H,3-7,15-16H2,1-2H3,(H3,17,18,19,20,23);2*1H3,(H,3,4)/t9-;;/m0../s1. The normalized spacial score (nSPS) is 10.3. The highest BCUT2D eigenvalue weighted by Gasteiger charge is 2.20.